The van der Waals surface area contributed by atoms with Gasteiger partial charge in [-0.3, -0.25) is 9.59 Å². The number of hydrogen-bond donors (Lipinski definition) is 2. The molecule has 31 heavy (non-hydrogen) atoms. The van der Waals surface area contributed by atoms with Crippen LogP contribution in [-0.4, -0.2) is 38.7 Å². The molecule has 0 saturated carbocycles. The van der Waals surface area contributed by atoms with Gasteiger partial charge in [0.15, 0.2) is 0 Å². The Morgan fingerprint density at radius 2 is 1.61 bits per heavy atom. The number of benzene rings is 3. The summed E-state index contributed by atoms with van der Waals surface area (Å²) in [5, 5.41) is 5.61. The third-order valence-electron chi connectivity index (χ3n) is 4.60. The summed E-state index contributed by atoms with van der Waals surface area (Å²) in [5.41, 5.74) is 2.60. The first-order chi connectivity index (χ1) is 15.2. The molecule has 0 bridgehead atoms. The van der Waals surface area contributed by atoms with E-state index in [9.17, 15) is 9.59 Å². The predicted octanol–water partition coefficient (Wildman–Crippen LogP) is 3.94. The molecule has 0 aromatic heterocycles. The zero-order valence-electron chi connectivity index (χ0n) is 17.5. The number of carbonyl (C=O) groups is 2. The van der Waals surface area contributed by atoms with Crippen molar-refractivity contribution < 1.29 is 19.1 Å². The monoisotopic (exact) mass is 418 g/mol. The number of para-hydroxylation sites is 1. The molecule has 0 saturated heterocycles. The highest BCUT2D eigenvalue weighted by Crippen LogP contribution is 2.20. The highest BCUT2D eigenvalue weighted by molar-refractivity contribution is 6.06. The van der Waals surface area contributed by atoms with Crippen molar-refractivity contribution in [2.75, 3.05) is 32.2 Å². The molecule has 3 aromatic rings. The van der Waals surface area contributed by atoms with Crippen molar-refractivity contribution in [1.29, 1.82) is 0 Å². The Kier molecular flexibility index (Phi) is 8.20. The van der Waals surface area contributed by atoms with Gasteiger partial charge in [0.1, 0.15) is 5.75 Å². The Morgan fingerprint density at radius 1 is 0.839 bits per heavy atom. The summed E-state index contributed by atoms with van der Waals surface area (Å²) < 4.78 is 10.8. The topological polar surface area (TPSA) is 76.7 Å². The lowest BCUT2D eigenvalue weighted by Gasteiger charge is -2.12. The third-order valence-corrected chi connectivity index (χ3v) is 4.60. The van der Waals surface area contributed by atoms with E-state index in [1.54, 1.807) is 49.6 Å². The molecule has 0 atom stereocenters. The average molecular weight is 418 g/mol. The van der Waals surface area contributed by atoms with Crippen LogP contribution in [0.25, 0.3) is 0 Å². The van der Waals surface area contributed by atoms with Gasteiger partial charge < -0.3 is 20.1 Å². The van der Waals surface area contributed by atoms with Gasteiger partial charge in [0.25, 0.3) is 11.8 Å². The highest BCUT2D eigenvalue weighted by atomic mass is 16.5. The minimum atomic E-state index is -0.299. The van der Waals surface area contributed by atoms with Crippen LogP contribution in [0.1, 0.15) is 26.3 Å². The summed E-state index contributed by atoms with van der Waals surface area (Å²) in [6.07, 6.45) is 0.747. The second-order valence-corrected chi connectivity index (χ2v) is 6.86. The summed E-state index contributed by atoms with van der Waals surface area (Å²) >= 11 is 0. The van der Waals surface area contributed by atoms with E-state index in [-0.39, 0.29) is 11.8 Å². The first-order valence-corrected chi connectivity index (χ1v) is 10.1. The number of methoxy groups -OCH3 is 1. The predicted molar refractivity (Wildman–Crippen MR) is 121 cm³/mol. The molecule has 160 valence electrons. The first kappa shape index (κ1) is 22.1. The van der Waals surface area contributed by atoms with Crippen LogP contribution >= 0.6 is 0 Å². The van der Waals surface area contributed by atoms with Gasteiger partial charge in [-0.25, -0.2) is 0 Å². The van der Waals surface area contributed by atoms with Gasteiger partial charge in [-0.1, -0.05) is 48.5 Å². The Morgan fingerprint density at radius 3 is 2.42 bits per heavy atom. The lowest BCUT2D eigenvalue weighted by molar-refractivity contribution is 0.0936. The molecule has 3 aromatic carbocycles. The minimum absolute atomic E-state index is 0.224. The molecule has 6 nitrogen and oxygen atoms in total. The van der Waals surface area contributed by atoms with Gasteiger partial charge in [0, 0.05) is 31.3 Å². The van der Waals surface area contributed by atoms with Gasteiger partial charge in [0.05, 0.1) is 18.8 Å². The SMILES string of the molecule is COCCNC(=O)c1cccc(NC(=O)c2ccccc2OCCc2ccccc2)c1. The number of anilines is 1. The van der Waals surface area contributed by atoms with E-state index in [4.69, 9.17) is 9.47 Å². The summed E-state index contributed by atoms with van der Waals surface area (Å²) in [6, 6.07) is 23.9. The Labute approximate surface area is 182 Å². The number of hydrogen-bond acceptors (Lipinski definition) is 4. The zero-order valence-corrected chi connectivity index (χ0v) is 17.5. The van der Waals surface area contributed by atoms with Crippen molar-refractivity contribution >= 4 is 17.5 Å². The molecule has 0 aliphatic heterocycles. The maximum Gasteiger partial charge on any atom is 0.259 e. The van der Waals surface area contributed by atoms with Crippen LogP contribution in [0.4, 0.5) is 5.69 Å². The van der Waals surface area contributed by atoms with Gasteiger partial charge in [0.2, 0.25) is 0 Å². The zero-order chi connectivity index (χ0) is 21.9. The Hall–Kier alpha value is -3.64. The standard InChI is InChI=1S/C25H26N2O4/c1-30-17-15-26-24(28)20-10-7-11-21(18-20)27-25(29)22-12-5-6-13-23(22)31-16-14-19-8-3-2-4-9-19/h2-13,18H,14-17H2,1H3,(H,26,28)(H,27,29). The van der Waals surface area contributed by atoms with Gasteiger partial charge >= 0.3 is 0 Å². The molecule has 0 aliphatic carbocycles. The maximum absolute atomic E-state index is 12.9. The van der Waals surface area contributed by atoms with Crippen LogP contribution in [0.15, 0.2) is 78.9 Å². The van der Waals surface area contributed by atoms with Crippen molar-refractivity contribution in [2.24, 2.45) is 0 Å². The summed E-state index contributed by atoms with van der Waals surface area (Å²) in [5.74, 6) is -0.00515. The molecule has 2 amide bonds. The van der Waals surface area contributed by atoms with Crippen molar-refractivity contribution in [3.8, 4) is 5.75 Å². The Bertz CT molecular complexity index is 1010. The van der Waals surface area contributed by atoms with Crippen LogP contribution < -0.4 is 15.4 Å². The molecule has 6 heteroatoms. The molecule has 0 radical (unpaired) electrons. The second-order valence-electron chi connectivity index (χ2n) is 6.86. The second kappa shape index (κ2) is 11.5. The van der Waals surface area contributed by atoms with E-state index in [0.717, 1.165) is 6.42 Å². The fraction of sp³-hybridized carbons (Fsp3) is 0.200. The molecule has 0 fully saturated rings. The van der Waals surface area contributed by atoms with Crippen LogP contribution in [0, 0.1) is 0 Å². The molecule has 0 heterocycles. The number of rotatable bonds is 10. The van der Waals surface area contributed by atoms with Gasteiger partial charge in [-0.2, -0.15) is 0 Å². The molecule has 3 rings (SSSR count). The van der Waals surface area contributed by atoms with Crippen LogP contribution in [0.5, 0.6) is 5.75 Å². The summed E-state index contributed by atoms with van der Waals surface area (Å²) in [6.45, 7) is 1.31. The first-order valence-electron chi connectivity index (χ1n) is 10.1. The van der Waals surface area contributed by atoms with Crippen LogP contribution in [-0.2, 0) is 11.2 Å². The maximum atomic E-state index is 12.9. The average Bonchev–Trinajstić information content (AvgIpc) is 2.80. The lowest BCUT2D eigenvalue weighted by Crippen LogP contribution is -2.27. The number of amides is 2. The lowest BCUT2D eigenvalue weighted by atomic mass is 10.1. The van der Waals surface area contributed by atoms with E-state index < -0.39 is 0 Å². The van der Waals surface area contributed by atoms with Crippen molar-refractivity contribution in [1.82, 2.24) is 5.32 Å². The third kappa shape index (κ3) is 6.69. The normalized spacial score (nSPS) is 10.4. The quantitative estimate of drug-likeness (QED) is 0.489. The van der Waals surface area contributed by atoms with E-state index in [1.165, 1.54) is 5.56 Å². The van der Waals surface area contributed by atoms with E-state index in [0.29, 0.717) is 42.3 Å². The molecular formula is C25H26N2O4. The van der Waals surface area contributed by atoms with Gasteiger partial charge in [-0.15, -0.1) is 0 Å². The summed E-state index contributed by atoms with van der Waals surface area (Å²) in [7, 11) is 1.57. The van der Waals surface area contributed by atoms with E-state index in [2.05, 4.69) is 10.6 Å². The molecule has 0 spiro atoms. The number of nitrogens with one attached hydrogen (secondary N) is 2. The Balaban J connectivity index is 1.63. The fourth-order valence-electron chi connectivity index (χ4n) is 3.01. The molecular weight excluding hydrogens is 392 g/mol. The van der Waals surface area contributed by atoms with Crippen molar-refractivity contribution in [2.45, 2.75) is 6.42 Å². The van der Waals surface area contributed by atoms with Crippen molar-refractivity contribution in [3.63, 3.8) is 0 Å². The number of carbonyl (C=O) groups excluding carboxylic acids is 2. The highest BCUT2D eigenvalue weighted by Gasteiger charge is 2.13. The molecule has 0 unspecified atom stereocenters. The number of ether oxygens (including phenoxy) is 2. The van der Waals surface area contributed by atoms with Crippen molar-refractivity contribution in [3.05, 3.63) is 95.6 Å². The molecule has 0 aliphatic rings. The van der Waals surface area contributed by atoms with Gasteiger partial charge in [-0.05, 0) is 35.9 Å². The minimum Gasteiger partial charge on any atom is -0.492 e. The summed E-state index contributed by atoms with van der Waals surface area (Å²) in [4.78, 5) is 25.1. The van der Waals surface area contributed by atoms with E-state index >= 15 is 0 Å². The van der Waals surface area contributed by atoms with Crippen LogP contribution in [0.2, 0.25) is 0 Å². The molecule has 2 N–H and O–H groups in total. The van der Waals surface area contributed by atoms with Crippen LogP contribution in [0.3, 0.4) is 0 Å². The smallest absolute Gasteiger partial charge is 0.259 e. The van der Waals surface area contributed by atoms with E-state index in [1.807, 2.05) is 36.4 Å². The fourth-order valence-corrected chi connectivity index (χ4v) is 3.01. The largest absolute Gasteiger partial charge is 0.492 e.